The van der Waals surface area contributed by atoms with E-state index in [1.54, 1.807) is 6.20 Å². The van der Waals surface area contributed by atoms with E-state index in [1.807, 2.05) is 23.6 Å². The lowest BCUT2D eigenvalue weighted by Gasteiger charge is -2.41. The largest absolute Gasteiger partial charge is 0.371 e. The monoisotopic (exact) mass is 508 g/mol. The zero-order chi connectivity index (χ0) is 25.9. The predicted molar refractivity (Wildman–Crippen MR) is 148 cm³/mol. The second kappa shape index (κ2) is 8.90. The molecule has 4 nitrogen and oxygen atoms in total. The van der Waals surface area contributed by atoms with E-state index >= 15 is 0 Å². The van der Waals surface area contributed by atoms with Gasteiger partial charge in [-0.15, -0.1) is 0 Å². The topological polar surface area (TPSA) is 33.4 Å². The van der Waals surface area contributed by atoms with Crippen LogP contribution in [0.1, 0.15) is 44.2 Å². The molecule has 0 amide bonds. The maximum Gasteiger partial charge on any atom is 0.152 e. The first-order valence-corrected chi connectivity index (χ1v) is 13.6. The minimum atomic E-state index is -0.660. The van der Waals surface area contributed by atoms with E-state index in [2.05, 4.69) is 51.3 Å². The number of halogens is 2. The maximum atomic E-state index is 14.5. The number of piperidine rings is 1. The minimum Gasteiger partial charge on any atom is -0.371 e. The number of fused-ring (bicyclic) bond motifs is 2. The van der Waals surface area contributed by atoms with Gasteiger partial charge >= 0.3 is 0 Å². The highest BCUT2D eigenvalue weighted by Gasteiger charge is 2.37. The van der Waals surface area contributed by atoms with Crippen LogP contribution in [0.25, 0.3) is 38.9 Å². The molecule has 3 aromatic heterocycles. The molecule has 0 unspecified atom stereocenters. The predicted octanol–water partition coefficient (Wildman–Crippen LogP) is 7.96. The third-order valence-electron chi connectivity index (χ3n) is 8.64. The highest BCUT2D eigenvalue weighted by Crippen LogP contribution is 2.45. The molecule has 7 rings (SSSR count). The molecule has 1 aliphatic heterocycles. The number of rotatable bonds is 3. The Hall–Kier alpha value is -3.80. The molecule has 1 aliphatic carbocycles. The van der Waals surface area contributed by atoms with E-state index in [9.17, 15) is 8.78 Å². The molecule has 0 N–H and O–H groups in total. The normalized spacial score (nSPS) is 17.2. The van der Waals surface area contributed by atoms with Crippen molar-refractivity contribution in [2.45, 2.75) is 45.4 Å². The van der Waals surface area contributed by atoms with Crippen molar-refractivity contribution in [3.8, 4) is 22.4 Å². The number of aryl methyl sites for hydroxylation is 1. The molecular formula is C32H30F2N4. The third-order valence-corrected chi connectivity index (χ3v) is 8.64. The minimum absolute atomic E-state index is 0.167. The lowest BCUT2D eigenvalue weighted by Crippen LogP contribution is -2.41. The second-order valence-electron chi connectivity index (χ2n) is 11.2. The van der Waals surface area contributed by atoms with Crippen molar-refractivity contribution in [3.05, 3.63) is 84.3 Å². The summed E-state index contributed by atoms with van der Waals surface area (Å²) in [4.78, 5) is 11.5. The number of pyridine rings is 2. The van der Waals surface area contributed by atoms with E-state index in [0.717, 1.165) is 35.1 Å². The molecule has 38 heavy (non-hydrogen) atoms. The van der Waals surface area contributed by atoms with Crippen molar-refractivity contribution in [3.63, 3.8) is 0 Å². The van der Waals surface area contributed by atoms with Crippen molar-refractivity contribution in [2.24, 2.45) is 5.41 Å². The first-order valence-electron chi connectivity index (χ1n) is 13.6. The quantitative estimate of drug-likeness (QED) is 0.248. The Morgan fingerprint density at radius 2 is 1.66 bits per heavy atom. The molecular weight excluding hydrogens is 478 g/mol. The SMILES string of the molecule is Cc1cc(-c2cnc3cc(-c4ccc(N5CCCC6(CCCC6)C5)cc4)ccn23)c2cc(F)cc(F)c2n1. The highest BCUT2D eigenvalue weighted by molar-refractivity contribution is 5.94. The smallest absolute Gasteiger partial charge is 0.152 e. The van der Waals surface area contributed by atoms with Crippen LogP contribution in [0.15, 0.2) is 67.0 Å². The van der Waals surface area contributed by atoms with Crippen LogP contribution in [-0.4, -0.2) is 27.5 Å². The third kappa shape index (κ3) is 3.94. The van der Waals surface area contributed by atoms with Crippen LogP contribution in [-0.2, 0) is 0 Å². The van der Waals surface area contributed by atoms with Gasteiger partial charge in [0, 0.05) is 47.7 Å². The van der Waals surface area contributed by atoms with Crippen molar-refractivity contribution in [1.29, 1.82) is 0 Å². The molecule has 0 bridgehead atoms. The summed E-state index contributed by atoms with van der Waals surface area (Å²) in [6.45, 7) is 4.14. The Morgan fingerprint density at radius 3 is 2.47 bits per heavy atom. The highest BCUT2D eigenvalue weighted by atomic mass is 19.1. The fourth-order valence-corrected chi connectivity index (χ4v) is 6.78. The van der Waals surface area contributed by atoms with Gasteiger partial charge in [0.2, 0.25) is 0 Å². The van der Waals surface area contributed by atoms with Gasteiger partial charge in [-0.25, -0.2) is 18.7 Å². The van der Waals surface area contributed by atoms with E-state index in [1.165, 1.54) is 56.8 Å². The first kappa shape index (κ1) is 23.3. The van der Waals surface area contributed by atoms with E-state index in [-0.39, 0.29) is 5.52 Å². The summed E-state index contributed by atoms with van der Waals surface area (Å²) in [6, 6.07) is 17.1. The average Bonchev–Trinajstić information content (AvgIpc) is 3.55. The first-order chi connectivity index (χ1) is 18.5. The molecule has 2 aromatic carbocycles. The fourth-order valence-electron chi connectivity index (χ4n) is 6.78. The summed E-state index contributed by atoms with van der Waals surface area (Å²) in [5, 5.41) is 0.437. The van der Waals surface area contributed by atoms with Gasteiger partial charge in [-0.3, -0.25) is 4.40 Å². The zero-order valence-corrected chi connectivity index (χ0v) is 21.6. The summed E-state index contributed by atoms with van der Waals surface area (Å²) in [5.74, 6) is -1.28. The zero-order valence-electron chi connectivity index (χ0n) is 21.6. The van der Waals surface area contributed by atoms with Gasteiger partial charge in [0.1, 0.15) is 17.0 Å². The van der Waals surface area contributed by atoms with Gasteiger partial charge in [-0.1, -0.05) is 25.0 Å². The van der Waals surface area contributed by atoms with Crippen LogP contribution < -0.4 is 4.90 Å². The van der Waals surface area contributed by atoms with Crippen molar-refractivity contribution in [2.75, 3.05) is 18.0 Å². The van der Waals surface area contributed by atoms with Crippen LogP contribution in [0, 0.1) is 24.0 Å². The van der Waals surface area contributed by atoms with E-state index < -0.39 is 11.6 Å². The Balaban J connectivity index is 1.21. The van der Waals surface area contributed by atoms with Gasteiger partial charge in [-0.2, -0.15) is 0 Å². The number of nitrogens with zero attached hydrogens (tertiary/aromatic N) is 4. The van der Waals surface area contributed by atoms with E-state index in [4.69, 9.17) is 0 Å². The Morgan fingerprint density at radius 1 is 0.868 bits per heavy atom. The van der Waals surface area contributed by atoms with E-state index in [0.29, 0.717) is 22.1 Å². The molecule has 1 spiro atoms. The maximum absolute atomic E-state index is 14.5. The van der Waals surface area contributed by atoms with Crippen LogP contribution in [0.3, 0.4) is 0 Å². The van der Waals surface area contributed by atoms with Gasteiger partial charge in [0.05, 0.1) is 11.9 Å². The molecule has 6 heteroatoms. The molecule has 192 valence electrons. The summed E-state index contributed by atoms with van der Waals surface area (Å²) in [7, 11) is 0. The summed E-state index contributed by atoms with van der Waals surface area (Å²) in [6.07, 6.45) is 11.9. The molecule has 2 fully saturated rings. The van der Waals surface area contributed by atoms with Crippen LogP contribution in [0.2, 0.25) is 0 Å². The summed E-state index contributed by atoms with van der Waals surface area (Å²) in [5.41, 5.74) is 7.16. The lowest BCUT2D eigenvalue weighted by molar-refractivity contribution is 0.240. The van der Waals surface area contributed by atoms with Gasteiger partial charge in [0.25, 0.3) is 0 Å². The van der Waals surface area contributed by atoms with Crippen LogP contribution in [0.4, 0.5) is 14.5 Å². The van der Waals surface area contributed by atoms with Crippen LogP contribution in [0.5, 0.6) is 0 Å². The van der Waals surface area contributed by atoms with Gasteiger partial charge < -0.3 is 4.90 Å². The fraction of sp³-hybridized carbons (Fsp3) is 0.312. The second-order valence-corrected chi connectivity index (χ2v) is 11.2. The number of hydrogen-bond acceptors (Lipinski definition) is 3. The summed E-state index contributed by atoms with van der Waals surface area (Å²) >= 11 is 0. The average molecular weight is 509 g/mol. The Kier molecular flexibility index (Phi) is 5.46. The number of imidazole rings is 1. The molecule has 5 aromatic rings. The number of benzene rings is 2. The van der Waals surface area contributed by atoms with Crippen LogP contribution >= 0.6 is 0 Å². The number of anilines is 1. The summed E-state index contributed by atoms with van der Waals surface area (Å²) < 4.78 is 30.6. The van der Waals surface area contributed by atoms with Crippen molar-refractivity contribution < 1.29 is 8.78 Å². The lowest BCUT2D eigenvalue weighted by atomic mass is 9.78. The standard InChI is InChI=1S/C32H30F2N4/c1-21-15-26(27-17-24(33)18-28(34)31(27)36-21)29-19-35-30-16-23(9-14-38(29)30)22-5-7-25(8-6-22)37-13-4-12-32(20-37)10-2-3-11-32/h5-9,14-19H,2-4,10-13,20H2,1H3. The number of aromatic nitrogens is 3. The van der Waals surface area contributed by atoms with Gasteiger partial charge in [-0.05, 0) is 85.5 Å². The Labute approximate surface area is 221 Å². The number of hydrogen-bond donors (Lipinski definition) is 0. The molecule has 1 saturated heterocycles. The molecule has 2 aliphatic rings. The molecule has 1 saturated carbocycles. The van der Waals surface area contributed by atoms with Gasteiger partial charge in [0.15, 0.2) is 5.82 Å². The Bertz CT molecular complexity index is 1670. The molecule has 0 atom stereocenters. The van der Waals surface area contributed by atoms with Crippen molar-refractivity contribution >= 4 is 22.2 Å². The van der Waals surface area contributed by atoms with Crippen molar-refractivity contribution in [1.82, 2.24) is 14.4 Å². The molecule has 0 radical (unpaired) electrons. The molecule has 4 heterocycles.